The molecule has 3 rings (SSSR count). The highest BCUT2D eigenvalue weighted by atomic mass is 16.8. The quantitative estimate of drug-likeness (QED) is 0.116. The Balaban J connectivity index is 2.16. The lowest BCUT2D eigenvalue weighted by molar-refractivity contribution is -0.367. The Hall–Kier alpha value is -4.73. The summed E-state index contributed by atoms with van der Waals surface area (Å²) >= 11 is 0. The van der Waals surface area contributed by atoms with Crippen LogP contribution in [-0.4, -0.2) is 137 Å². The molecule has 0 spiro atoms. The molecule has 54 heavy (non-hydrogen) atoms. The van der Waals surface area contributed by atoms with Crippen molar-refractivity contribution >= 4 is 41.7 Å². The zero-order chi connectivity index (χ0) is 40.3. The van der Waals surface area contributed by atoms with Crippen LogP contribution in [0.3, 0.4) is 0 Å². The second-order valence-corrected chi connectivity index (χ2v) is 12.5. The highest BCUT2D eigenvalue weighted by molar-refractivity contribution is 5.77. The van der Waals surface area contributed by atoms with Gasteiger partial charge in [0.1, 0.15) is 37.1 Å². The molecule has 0 bridgehead atoms. The second kappa shape index (κ2) is 19.6. The Kier molecular flexibility index (Phi) is 15.8. The third-order valence-electron chi connectivity index (χ3n) is 7.98. The minimum Gasteiger partial charge on any atom is -0.477 e. The largest absolute Gasteiger partial charge is 0.477 e. The van der Waals surface area contributed by atoms with Crippen LogP contribution in [0.25, 0.3) is 0 Å². The van der Waals surface area contributed by atoms with Crippen LogP contribution in [0.5, 0.6) is 0 Å². The maximum Gasteiger partial charge on any atom is 0.364 e. The van der Waals surface area contributed by atoms with E-state index in [4.69, 9.17) is 42.6 Å². The van der Waals surface area contributed by atoms with Crippen molar-refractivity contribution in [2.24, 2.45) is 0 Å². The third kappa shape index (κ3) is 12.1. The SMILES string of the molecule is CC(=O)N[C@H]1[C@H]([C@H](OC(C)=O)[C@@H](COC(C)=O)OC(C)=O)O[C@@](O[C@@H]2[C@@H](O)[C@H](O)O[C@H](COCc3ccccc3)[C@@H]2OC(C)=O)(C(=O)O)C[C@@H]1OC(C)=O. The van der Waals surface area contributed by atoms with Crippen molar-refractivity contribution in [2.75, 3.05) is 13.2 Å². The molecule has 1 amide bonds. The van der Waals surface area contributed by atoms with Crippen molar-refractivity contribution in [2.45, 2.75) is 122 Å². The zero-order valence-electron chi connectivity index (χ0n) is 30.4. The van der Waals surface area contributed by atoms with Gasteiger partial charge >= 0.3 is 35.8 Å². The minimum absolute atomic E-state index is 0.0322. The molecule has 2 saturated heterocycles. The lowest BCUT2D eigenvalue weighted by atomic mass is 9.87. The van der Waals surface area contributed by atoms with Crippen LogP contribution in [0.15, 0.2) is 30.3 Å². The first-order chi connectivity index (χ1) is 25.3. The highest BCUT2D eigenvalue weighted by Crippen LogP contribution is 2.40. The van der Waals surface area contributed by atoms with E-state index in [1.165, 1.54) is 0 Å². The Bertz CT molecular complexity index is 1500. The average Bonchev–Trinajstić information content (AvgIpc) is 3.06. The Morgan fingerprint density at radius 2 is 1.48 bits per heavy atom. The zero-order valence-corrected chi connectivity index (χ0v) is 30.4. The molecule has 20 heteroatoms. The molecule has 0 aliphatic carbocycles. The fraction of sp³-hybridized carbons (Fsp3) is 0.618. The van der Waals surface area contributed by atoms with Crippen molar-refractivity contribution < 1.29 is 91.5 Å². The summed E-state index contributed by atoms with van der Waals surface area (Å²) in [4.78, 5) is 87.0. The molecule has 0 saturated carbocycles. The van der Waals surface area contributed by atoms with Crippen molar-refractivity contribution in [1.29, 1.82) is 0 Å². The number of hydrogen-bond acceptors (Lipinski definition) is 18. The van der Waals surface area contributed by atoms with E-state index in [1.807, 2.05) is 0 Å². The molecule has 2 fully saturated rings. The van der Waals surface area contributed by atoms with Gasteiger partial charge in [0, 0.05) is 41.5 Å². The number of rotatable bonds is 16. The first-order valence-corrected chi connectivity index (χ1v) is 16.6. The molecule has 0 aromatic heterocycles. The van der Waals surface area contributed by atoms with Crippen LogP contribution in [0, 0.1) is 0 Å². The van der Waals surface area contributed by atoms with Gasteiger partial charge in [0.2, 0.25) is 5.91 Å². The molecule has 4 N–H and O–H groups in total. The number of aliphatic hydroxyl groups is 2. The number of nitrogens with one attached hydrogen (secondary N) is 1. The number of aliphatic carboxylic acids is 1. The molecule has 0 radical (unpaired) electrons. The summed E-state index contributed by atoms with van der Waals surface area (Å²) in [5.41, 5.74) is 0.741. The summed E-state index contributed by atoms with van der Waals surface area (Å²) in [6.45, 7) is 4.85. The molecule has 11 atom stereocenters. The van der Waals surface area contributed by atoms with Gasteiger partial charge in [0.15, 0.2) is 24.6 Å². The van der Waals surface area contributed by atoms with Gasteiger partial charge in [-0.25, -0.2) is 4.79 Å². The summed E-state index contributed by atoms with van der Waals surface area (Å²) in [7, 11) is 0. The number of benzene rings is 1. The number of carbonyl (C=O) groups is 7. The van der Waals surface area contributed by atoms with Crippen LogP contribution < -0.4 is 5.32 Å². The van der Waals surface area contributed by atoms with Gasteiger partial charge in [-0.05, 0) is 5.56 Å². The maximum atomic E-state index is 13.3. The number of carboxylic acids is 1. The van der Waals surface area contributed by atoms with Crippen LogP contribution in [-0.2, 0) is 82.8 Å². The lowest BCUT2D eigenvalue weighted by Crippen LogP contribution is -2.71. The first kappa shape index (κ1) is 43.7. The summed E-state index contributed by atoms with van der Waals surface area (Å²) in [5.74, 6) is -10.6. The van der Waals surface area contributed by atoms with Crippen LogP contribution in [0.2, 0.25) is 0 Å². The normalized spacial score (nSPS) is 29.0. The van der Waals surface area contributed by atoms with E-state index in [1.54, 1.807) is 30.3 Å². The smallest absolute Gasteiger partial charge is 0.364 e. The van der Waals surface area contributed by atoms with Gasteiger partial charge in [-0.1, -0.05) is 30.3 Å². The monoisotopic (exact) mass is 771 g/mol. The number of hydrogen-bond donors (Lipinski definition) is 4. The fourth-order valence-electron chi connectivity index (χ4n) is 5.97. The lowest BCUT2D eigenvalue weighted by Gasteiger charge is -2.50. The fourth-order valence-corrected chi connectivity index (χ4v) is 5.97. The molecule has 1 aromatic rings. The number of amides is 1. The van der Waals surface area contributed by atoms with E-state index in [0.717, 1.165) is 47.1 Å². The van der Waals surface area contributed by atoms with E-state index in [2.05, 4.69) is 5.32 Å². The van der Waals surface area contributed by atoms with E-state index < -0.39 is 122 Å². The van der Waals surface area contributed by atoms with E-state index in [9.17, 15) is 48.9 Å². The molecular weight excluding hydrogens is 726 g/mol. The molecule has 2 aliphatic rings. The predicted octanol–water partition coefficient (Wildman–Crippen LogP) is -0.969. The van der Waals surface area contributed by atoms with E-state index in [-0.39, 0.29) is 13.2 Å². The van der Waals surface area contributed by atoms with Crippen molar-refractivity contribution in [3.05, 3.63) is 35.9 Å². The Morgan fingerprint density at radius 1 is 0.852 bits per heavy atom. The van der Waals surface area contributed by atoms with Crippen LogP contribution >= 0.6 is 0 Å². The molecule has 1 aromatic carbocycles. The van der Waals surface area contributed by atoms with E-state index >= 15 is 0 Å². The standard InChI is InChI=1S/C34H45NO19/c1-16(36)35-26-23(48-18(3)38)12-34(33(44)45,53-30(26)28(50-20(5)40)25(49-19(4)39)15-47-17(2)37)54-31-27(42)32(43)52-24(29(31)51-21(6)41)14-46-13-22-10-8-7-9-11-22/h7-11,23-32,42-43H,12-15H2,1-6H3,(H,35,36)(H,44,45)/t23-,24+,25+,26+,27+,28+,29-,30+,31+,32+,34-/m0/s1. The van der Waals surface area contributed by atoms with Gasteiger partial charge in [0.05, 0.1) is 25.7 Å². The number of carbonyl (C=O) groups excluding carboxylic acids is 6. The number of ether oxygens (including phenoxy) is 9. The predicted molar refractivity (Wildman–Crippen MR) is 174 cm³/mol. The van der Waals surface area contributed by atoms with Crippen molar-refractivity contribution in [3.8, 4) is 0 Å². The topological polar surface area (TPSA) is 275 Å². The van der Waals surface area contributed by atoms with Gasteiger partial charge in [-0.15, -0.1) is 0 Å². The van der Waals surface area contributed by atoms with Gasteiger partial charge in [-0.2, -0.15) is 0 Å². The van der Waals surface area contributed by atoms with Gasteiger partial charge in [-0.3, -0.25) is 28.8 Å². The third-order valence-corrected chi connectivity index (χ3v) is 7.98. The van der Waals surface area contributed by atoms with Crippen LogP contribution in [0.4, 0.5) is 0 Å². The summed E-state index contributed by atoms with van der Waals surface area (Å²) in [5, 5.41) is 35.2. The molecular formula is C34H45NO19. The van der Waals surface area contributed by atoms with Gasteiger partial charge < -0.3 is 63.3 Å². The molecule has 2 heterocycles. The summed E-state index contributed by atoms with van der Waals surface area (Å²) in [6.07, 6.45) is -17.5. The Morgan fingerprint density at radius 3 is 2.02 bits per heavy atom. The van der Waals surface area contributed by atoms with E-state index in [0.29, 0.717) is 0 Å². The Labute approximate surface area is 309 Å². The second-order valence-electron chi connectivity index (χ2n) is 12.5. The highest BCUT2D eigenvalue weighted by Gasteiger charge is 2.62. The average molecular weight is 772 g/mol. The van der Waals surface area contributed by atoms with Crippen molar-refractivity contribution in [3.63, 3.8) is 0 Å². The number of esters is 5. The van der Waals surface area contributed by atoms with Gasteiger partial charge in [0.25, 0.3) is 5.79 Å². The summed E-state index contributed by atoms with van der Waals surface area (Å²) < 4.78 is 49.9. The minimum atomic E-state index is -3.06. The van der Waals surface area contributed by atoms with Crippen molar-refractivity contribution in [1.82, 2.24) is 5.32 Å². The molecule has 300 valence electrons. The number of aliphatic hydroxyl groups excluding tert-OH is 2. The maximum absolute atomic E-state index is 13.3. The molecule has 20 nitrogen and oxygen atoms in total. The first-order valence-electron chi connectivity index (χ1n) is 16.6. The van der Waals surface area contributed by atoms with Crippen LogP contribution in [0.1, 0.15) is 53.5 Å². The summed E-state index contributed by atoms with van der Waals surface area (Å²) in [6, 6.07) is 7.27. The molecule has 0 unspecified atom stereocenters. The number of carboxylic acid groups (broad SMARTS) is 1. The molecule has 2 aliphatic heterocycles.